The van der Waals surface area contributed by atoms with E-state index >= 15 is 0 Å². The lowest BCUT2D eigenvalue weighted by Crippen LogP contribution is -2.43. The molecule has 1 atom stereocenters. The van der Waals surface area contributed by atoms with Gasteiger partial charge in [-0.2, -0.15) is 18.2 Å². The smallest absolute Gasteiger partial charge is 0.425 e. The van der Waals surface area contributed by atoms with Crippen LogP contribution >= 0.6 is 0 Å². The third kappa shape index (κ3) is 7.45. The van der Waals surface area contributed by atoms with Gasteiger partial charge in [0.15, 0.2) is 6.10 Å². The predicted molar refractivity (Wildman–Crippen MR) is 130 cm³/mol. The number of nitrogens with zero attached hydrogens (tertiary/aromatic N) is 3. The van der Waals surface area contributed by atoms with Crippen molar-refractivity contribution in [3.05, 3.63) is 80.6 Å². The predicted octanol–water partition coefficient (Wildman–Crippen LogP) is 3.79. The van der Waals surface area contributed by atoms with Gasteiger partial charge in [-0.1, -0.05) is 29.8 Å². The minimum Gasteiger partial charge on any atom is -0.481 e. The van der Waals surface area contributed by atoms with E-state index < -0.39 is 29.6 Å². The molecule has 0 unspecified atom stereocenters. The molecule has 37 heavy (non-hydrogen) atoms. The van der Waals surface area contributed by atoms with Crippen LogP contribution in [0, 0.1) is 6.92 Å². The molecule has 0 saturated carbocycles. The summed E-state index contributed by atoms with van der Waals surface area (Å²) >= 11 is 0. The Morgan fingerprint density at radius 2 is 1.70 bits per heavy atom. The van der Waals surface area contributed by atoms with E-state index in [4.69, 9.17) is 9.47 Å². The van der Waals surface area contributed by atoms with Gasteiger partial charge in [-0.05, 0) is 50.6 Å². The standard InChI is InChI=1S/C25H27F3N4O5/c1-4-36-21(33)13-14-31-23(34)30-22(32(24(31)35)15-18-7-5-16(2)6-8-18)29-19-9-11-20(12-10-19)37-17(3)25(26,27)28/h5-12,17H,4,13-15H2,1-3H3,(H,29,30,34)/t17-/m1/s1. The van der Waals surface area contributed by atoms with Crippen molar-refractivity contribution >= 4 is 17.6 Å². The van der Waals surface area contributed by atoms with E-state index in [-0.39, 0.29) is 37.8 Å². The molecule has 0 saturated heterocycles. The second kappa shape index (κ2) is 11.8. The second-order valence-corrected chi connectivity index (χ2v) is 8.23. The number of benzene rings is 2. The Kier molecular flexibility index (Phi) is 8.74. The second-order valence-electron chi connectivity index (χ2n) is 8.23. The summed E-state index contributed by atoms with van der Waals surface area (Å²) in [4.78, 5) is 41.7. The number of carbonyl (C=O) groups excluding carboxylic acids is 1. The van der Waals surface area contributed by atoms with E-state index in [9.17, 15) is 27.6 Å². The molecule has 12 heteroatoms. The average Bonchev–Trinajstić information content (AvgIpc) is 2.83. The first-order valence-electron chi connectivity index (χ1n) is 11.5. The lowest BCUT2D eigenvalue weighted by molar-refractivity contribution is -0.189. The van der Waals surface area contributed by atoms with Crippen molar-refractivity contribution in [3.63, 3.8) is 0 Å². The number of rotatable bonds is 10. The summed E-state index contributed by atoms with van der Waals surface area (Å²) in [6.07, 6.45) is -6.68. The van der Waals surface area contributed by atoms with Gasteiger partial charge in [0.1, 0.15) is 5.75 Å². The summed E-state index contributed by atoms with van der Waals surface area (Å²) < 4.78 is 50.1. The van der Waals surface area contributed by atoms with Gasteiger partial charge < -0.3 is 14.8 Å². The first kappa shape index (κ1) is 27.5. The molecule has 0 radical (unpaired) electrons. The number of carbonyl (C=O) groups is 1. The summed E-state index contributed by atoms with van der Waals surface area (Å²) in [5.74, 6) is -0.627. The van der Waals surface area contributed by atoms with Gasteiger partial charge in [0.2, 0.25) is 5.95 Å². The van der Waals surface area contributed by atoms with Gasteiger partial charge in [-0.25, -0.2) is 14.2 Å². The largest absolute Gasteiger partial charge is 0.481 e. The molecule has 3 rings (SSSR count). The Balaban J connectivity index is 1.92. The van der Waals surface area contributed by atoms with Crippen molar-refractivity contribution in [1.82, 2.24) is 14.1 Å². The fraction of sp³-hybridized carbons (Fsp3) is 0.360. The van der Waals surface area contributed by atoms with Gasteiger partial charge in [0.05, 0.1) is 19.6 Å². The molecule has 0 spiro atoms. The molecule has 9 nitrogen and oxygen atoms in total. The van der Waals surface area contributed by atoms with E-state index in [1.807, 2.05) is 31.2 Å². The summed E-state index contributed by atoms with van der Waals surface area (Å²) in [6.45, 7) is 4.50. The highest BCUT2D eigenvalue weighted by Gasteiger charge is 2.38. The molecule has 3 aromatic rings. The van der Waals surface area contributed by atoms with Gasteiger partial charge in [-0.15, -0.1) is 0 Å². The zero-order chi connectivity index (χ0) is 27.2. The zero-order valence-electron chi connectivity index (χ0n) is 20.5. The van der Waals surface area contributed by atoms with Crippen LogP contribution in [0.25, 0.3) is 0 Å². The highest BCUT2D eigenvalue weighted by molar-refractivity contribution is 5.69. The molecule has 2 aromatic carbocycles. The average molecular weight is 521 g/mol. The van der Waals surface area contributed by atoms with E-state index in [1.54, 1.807) is 6.92 Å². The van der Waals surface area contributed by atoms with Crippen LogP contribution in [0.4, 0.5) is 24.8 Å². The number of aromatic nitrogens is 3. The number of ether oxygens (including phenoxy) is 2. The van der Waals surface area contributed by atoms with E-state index in [0.29, 0.717) is 5.69 Å². The maximum absolute atomic E-state index is 13.3. The van der Waals surface area contributed by atoms with E-state index in [0.717, 1.165) is 22.6 Å². The van der Waals surface area contributed by atoms with Crippen molar-refractivity contribution in [2.75, 3.05) is 11.9 Å². The Hall–Kier alpha value is -4.09. The number of anilines is 2. The molecule has 198 valence electrons. The molecule has 0 amide bonds. The lowest BCUT2D eigenvalue weighted by Gasteiger charge is -2.18. The Morgan fingerprint density at radius 1 is 1.05 bits per heavy atom. The summed E-state index contributed by atoms with van der Waals surface area (Å²) in [5, 5.41) is 2.88. The van der Waals surface area contributed by atoms with E-state index in [1.165, 1.54) is 28.8 Å². The number of halogens is 3. The number of esters is 1. The molecule has 0 bridgehead atoms. The van der Waals surface area contributed by atoms with Crippen LogP contribution < -0.4 is 21.4 Å². The van der Waals surface area contributed by atoms with Gasteiger partial charge in [0, 0.05) is 12.2 Å². The molecule has 0 aliphatic heterocycles. The normalized spacial score (nSPS) is 12.2. The molecule has 0 aliphatic rings. The molecule has 0 fully saturated rings. The highest BCUT2D eigenvalue weighted by atomic mass is 19.4. The fourth-order valence-electron chi connectivity index (χ4n) is 3.29. The minimum atomic E-state index is -4.51. The van der Waals surface area contributed by atoms with Crippen LogP contribution in [-0.2, 0) is 22.6 Å². The summed E-state index contributed by atoms with van der Waals surface area (Å²) in [5.41, 5.74) is 0.592. The Labute approximate surface area is 210 Å². The van der Waals surface area contributed by atoms with Crippen LogP contribution in [0.15, 0.2) is 58.1 Å². The van der Waals surface area contributed by atoms with Crippen molar-refractivity contribution in [2.24, 2.45) is 0 Å². The van der Waals surface area contributed by atoms with Gasteiger partial charge in [0.25, 0.3) is 0 Å². The molecule has 1 N–H and O–H groups in total. The van der Waals surface area contributed by atoms with Crippen molar-refractivity contribution < 1.29 is 27.4 Å². The van der Waals surface area contributed by atoms with Crippen LogP contribution in [0.3, 0.4) is 0 Å². The topological polar surface area (TPSA) is 104 Å². The van der Waals surface area contributed by atoms with Crippen molar-refractivity contribution in [1.29, 1.82) is 0 Å². The third-order valence-electron chi connectivity index (χ3n) is 5.34. The van der Waals surface area contributed by atoms with Crippen molar-refractivity contribution in [2.45, 2.75) is 52.6 Å². The van der Waals surface area contributed by atoms with Crippen molar-refractivity contribution in [3.8, 4) is 5.75 Å². The SMILES string of the molecule is CCOC(=O)CCn1c(=O)nc(Nc2ccc(O[C@H](C)C(F)(F)F)cc2)n(Cc2ccc(C)cc2)c1=O. The maximum Gasteiger partial charge on any atom is 0.425 e. The van der Waals surface area contributed by atoms with Gasteiger partial charge >= 0.3 is 23.5 Å². The maximum atomic E-state index is 13.3. The summed E-state index contributed by atoms with van der Waals surface area (Å²) in [6, 6.07) is 12.9. The van der Waals surface area contributed by atoms with Crippen LogP contribution in [0.1, 0.15) is 31.4 Å². The monoisotopic (exact) mass is 520 g/mol. The van der Waals surface area contributed by atoms with E-state index in [2.05, 4.69) is 10.3 Å². The molecule has 1 aromatic heterocycles. The third-order valence-corrected chi connectivity index (χ3v) is 5.34. The Bertz CT molecular complexity index is 1330. The number of hydrogen-bond donors (Lipinski definition) is 1. The van der Waals surface area contributed by atoms with Crippen LogP contribution in [0.2, 0.25) is 0 Å². The first-order chi connectivity index (χ1) is 17.5. The highest BCUT2D eigenvalue weighted by Crippen LogP contribution is 2.26. The zero-order valence-corrected chi connectivity index (χ0v) is 20.5. The van der Waals surface area contributed by atoms with Crippen LogP contribution in [-0.4, -0.2) is 39.0 Å². The minimum absolute atomic E-state index is 0.00485. The Morgan fingerprint density at radius 3 is 2.30 bits per heavy atom. The number of nitrogens with one attached hydrogen (secondary N) is 1. The summed E-state index contributed by atoms with van der Waals surface area (Å²) in [7, 11) is 0. The number of hydrogen-bond acceptors (Lipinski definition) is 7. The fourth-order valence-corrected chi connectivity index (χ4v) is 3.29. The molecular weight excluding hydrogens is 493 g/mol. The molecule has 0 aliphatic carbocycles. The molecular formula is C25H27F3N4O5. The lowest BCUT2D eigenvalue weighted by atomic mass is 10.1. The van der Waals surface area contributed by atoms with Crippen LogP contribution in [0.5, 0.6) is 5.75 Å². The van der Waals surface area contributed by atoms with Gasteiger partial charge in [-0.3, -0.25) is 9.36 Å². The molecule has 1 heterocycles. The quantitative estimate of drug-likeness (QED) is 0.406. The number of aryl methyl sites for hydroxylation is 1. The first-order valence-corrected chi connectivity index (χ1v) is 11.5. The number of alkyl halides is 3.